The van der Waals surface area contributed by atoms with Crippen LogP contribution in [0.2, 0.25) is 0 Å². The number of likely N-dealkylation sites (tertiary alicyclic amines) is 1. The second-order valence-corrected chi connectivity index (χ2v) is 12.8. The van der Waals surface area contributed by atoms with Gasteiger partial charge in [-0.3, -0.25) is 19.2 Å². The highest BCUT2D eigenvalue weighted by Gasteiger charge is 2.74. The minimum Gasteiger partial charge on any atom is -0.460 e. The lowest BCUT2D eigenvalue weighted by molar-refractivity contribution is -0.159. The van der Waals surface area contributed by atoms with Gasteiger partial charge in [-0.2, -0.15) is 0 Å². The molecule has 1 aromatic heterocycles. The number of para-hydroxylation sites is 1. The topological polar surface area (TPSA) is 156 Å². The van der Waals surface area contributed by atoms with Crippen LogP contribution < -0.4 is 5.32 Å². The number of carbonyl (C=O) groups excluding carboxylic acids is 4. The Morgan fingerprint density at radius 2 is 1.83 bits per heavy atom. The number of rotatable bonds is 6. The quantitative estimate of drug-likeness (QED) is 0.296. The summed E-state index contributed by atoms with van der Waals surface area (Å²) in [7, 11) is 0. The first-order valence-electron chi connectivity index (χ1n) is 16.3. The molecule has 1 spiro atoms. The second-order valence-electron chi connectivity index (χ2n) is 12.8. The first-order valence-corrected chi connectivity index (χ1v) is 16.3. The minimum absolute atomic E-state index is 0.00204. The molecule has 7 rings (SSSR count). The average Bonchev–Trinajstić information content (AvgIpc) is 3.85. The van der Waals surface area contributed by atoms with E-state index in [1.807, 2.05) is 66.7 Å². The molecule has 0 unspecified atom stereocenters. The molecule has 4 aliphatic heterocycles. The molecule has 13 heteroatoms. The number of esters is 1. The Morgan fingerprint density at radius 1 is 1.04 bits per heavy atom. The monoisotopic (exact) mass is 654 g/mol. The number of hydrogen-bond donors (Lipinski definition) is 2. The fraction of sp³-hybridized carbons (Fsp3) is 0.429. The van der Waals surface area contributed by atoms with Crippen LogP contribution in [0.15, 0.2) is 78.9 Å². The van der Waals surface area contributed by atoms with Gasteiger partial charge in [-0.15, -0.1) is 5.10 Å². The summed E-state index contributed by atoms with van der Waals surface area (Å²) in [5.74, 6) is -3.80. The molecule has 2 aromatic carbocycles. The normalized spacial score (nSPS) is 30.4. The van der Waals surface area contributed by atoms with E-state index in [0.29, 0.717) is 11.9 Å². The average molecular weight is 655 g/mol. The zero-order valence-corrected chi connectivity index (χ0v) is 26.6. The van der Waals surface area contributed by atoms with Crippen LogP contribution in [0.4, 0.5) is 0 Å². The van der Waals surface area contributed by atoms with Crippen molar-refractivity contribution in [2.45, 2.75) is 62.7 Å². The van der Waals surface area contributed by atoms with Crippen LogP contribution in [0.1, 0.15) is 25.3 Å². The van der Waals surface area contributed by atoms with Crippen LogP contribution in [0.3, 0.4) is 0 Å². The number of nitrogens with zero attached hydrogens (tertiary/aromatic N) is 5. The van der Waals surface area contributed by atoms with E-state index in [1.165, 1.54) is 4.90 Å². The zero-order valence-electron chi connectivity index (χ0n) is 26.6. The highest BCUT2D eigenvalue weighted by Crippen LogP contribution is 2.56. The maximum atomic E-state index is 15.1. The Labute approximate surface area is 277 Å². The number of carbonyl (C=O) groups is 4. The summed E-state index contributed by atoms with van der Waals surface area (Å²) in [4.78, 5) is 59.0. The summed E-state index contributed by atoms with van der Waals surface area (Å²) in [5.41, 5.74) is 0.787. The van der Waals surface area contributed by atoms with Gasteiger partial charge in [-0.05, 0) is 37.5 Å². The third-order valence-electron chi connectivity index (χ3n) is 9.71. The van der Waals surface area contributed by atoms with E-state index in [-0.39, 0.29) is 38.5 Å². The molecule has 5 heterocycles. The van der Waals surface area contributed by atoms with E-state index in [1.54, 1.807) is 28.7 Å². The van der Waals surface area contributed by atoms with Crippen LogP contribution >= 0.6 is 0 Å². The molecule has 5 bridgehead atoms. The smallest absolute Gasteiger partial charge is 0.313 e. The number of ether oxygens (including phenoxy) is 2. The van der Waals surface area contributed by atoms with Crippen molar-refractivity contribution in [2.24, 2.45) is 11.8 Å². The van der Waals surface area contributed by atoms with Crippen molar-refractivity contribution >= 4 is 34.7 Å². The molecule has 7 atom stereocenters. The predicted octanol–water partition coefficient (Wildman–Crippen LogP) is 1.37. The van der Waals surface area contributed by atoms with E-state index in [9.17, 15) is 19.5 Å². The summed E-state index contributed by atoms with van der Waals surface area (Å²) >= 11 is 0. The van der Waals surface area contributed by atoms with Gasteiger partial charge in [0, 0.05) is 13.0 Å². The van der Waals surface area contributed by atoms with E-state index >= 15 is 4.79 Å². The summed E-state index contributed by atoms with van der Waals surface area (Å²) in [5, 5.41) is 22.1. The van der Waals surface area contributed by atoms with Crippen LogP contribution in [0.5, 0.6) is 0 Å². The largest absolute Gasteiger partial charge is 0.460 e. The van der Waals surface area contributed by atoms with Crippen molar-refractivity contribution in [3.05, 3.63) is 84.5 Å². The van der Waals surface area contributed by atoms with Crippen molar-refractivity contribution in [3.8, 4) is 0 Å². The van der Waals surface area contributed by atoms with Gasteiger partial charge in [0.15, 0.2) is 0 Å². The van der Waals surface area contributed by atoms with Crippen LogP contribution in [-0.4, -0.2) is 103 Å². The number of benzene rings is 2. The fourth-order valence-corrected chi connectivity index (χ4v) is 7.46. The Morgan fingerprint density at radius 3 is 2.65 bits per heavy atom. The maximum Gasteiger partial charge on any atom is 0.313 e. The van der Waals surface area contributed by atoms with Crippen LogP contribution in [0.25, 0.3) is 11.0 Å². The minimum atomic E-state index is -1.47. The second kappa shape index (κ2) is 13.0. The SMILES string of the molecule is C[C@@H]1CNC(=O)CC/C=C\CN(Cn2nnc3ccccc32)C(=O)[C@@H]2N([C@@H](CO)Cc3ccccc3)C(=O)[C@H]3[C@H](C(=O)O1)[C@@H]1C=C[C@]23O1. The number of aromatic nitrogens is 3. The Bertz CT molecular complexity index is 1770. The summed E-state index contributed by atoms with van der Waals surface area (Å²) < 4.78 is 13.9. The molecular formula is C35H38N6O7. The molecule has 3 aromatic rings. The van der Waals surface area contributed by atoms with Crippen LogP contribution in [0, 0.1) is 11.8 Å². The van der Waals surface area contributed by atoms with Crippen molar-refractivity contribution in [1.29, 1.82) is 0 Å². The zero-order chi connectivity index (χ0) is 33.4. The van der Waals surface area contributed by atoms with E-state index < -0.39 is 66.1 Å². The summed E-state index contributed by atoms with van der Waals surface area (Å²) in [6.45, 7) is 1.50. The molecule has 2 fully saturated rings. The number of aliphatic hydroxyl groups excluding tert-OH is 1. The molecule has 13 nitrogen and oxygen atoms in total. The van der Waals surface area contributed by atoms with Crippen molar-refractivity contribution in [2.75, 3.05) is 19.7 Å². The van der Waals surface area contributed by atoms with Gasteiger partial charge >= 0.3 is 5.97 Å². The van der Waals surface area contributed by atoms with Gasteiger partial charge in [0.1, 0.15) is 35.9 Å². The number of cyclic esters (lactones) is 1. The number of fused-ring (bicyclic) bond motifs is 3. The van der Waals surface area contributed by atoms with Gasteiger partial charge in [0.2, 0.25) is 11.8 Å². The first kappa shape index (κ1) is 31.7. The standard InChI is InChI=1S/C35H38N6O7/c1-22-19-36-28(43)14-6-3-9-17-39(21-40-26-13-8-7-12-25(26)37-38-40)33(45)31-35-16-15-27(48-35)29(34(46)47-22)30(35)32(44)41(31)24(20-42)18-23-10-4-2-5-11-23/h2-5,7-13,15-16,22,24,27,29-31,42H,6,14,17-21H2,1H3,(H,36,43)/b9-3-/t22-,24-,27+,29-,30-,31+,35-/m1/s1. The molecule has 2 saturated heterocycles. The lowest BCUT2D eigenvalue weighted by atomic mass is 9.74. The number of allylic oxidation sites excluding steroid dienone is 1. The first-order chi connectivity index (χ1) is 23.3. The van der Waals surface area contributed by atoms with Gasteiger partial charge in [0.25, 0.3) is 5.91 Å². The molecule has 0 radical (unpaired) electrons. The lowest BCUT2D eigenvalue weighted by Gasteiger charge is -2.38. The molecule has 3 amide bonds. The molecule has 0 saturated carbocycles. The number of nitrogens with one attached hydrogen (secondary N) is 1. The molecule has 0 aliphatic carbocycles. The van der Waals surface area contributed by atoms with Crippen molar-refractivity contribution in [3.63, 3.8) is 0 Å². The van der Waals surface area contributed by atoms with Crippen LogP contribution in [-0.2, 0) is 41.7 Å². The number of amides is 3. The predicted molar refractivity (Wildman–Crippen MR) is 172 cm³/mol. The van der Waals surface area contributed by atoms with E-state index in [2.05, 4.69) is 15.6 Å². The van der Waals surface area contributed by atoms with Gasteiger partial charge < -0.3 is 29.7 Å². The highest BCUT2D eigenvalue weighted by atomic mass is 16.6. The molecule has 250 valence electrons. The summed E-state index contributed by atoms with van der Waals surface area (Å²) in [6.07, 6.45) is 6.59. The third-order valence-corrected chi connectivity index (χ3v) is 9.71. The number of aliphatic hydroxyl groups is 1. The van der Waals surface area contributed by atoms with E-state index in [0.717, 1.165) is 11.1 Å². The van der Waals surface area contributed by atoms with Crippen molar-refractivity contribution < 1.29 is 33.8 Å². The molecule has 4 aliphatic rings. The third kappa shape index (κ3) is 5.56. The Kier molecular flexibility index (Phi) is 8.56. The Hall–Kier alpha value is -4.88. The molecule has 2 N–H and O–H groups in total. The Balaban J connectivity index is 1.32. The van der Waals surface area contributed by atoms with Crippen molar-refractivity contribution in [1.82, 2.24) is 30.1 Å². The van der Waals surface area contributed by atoms with E-state index in [4.69, 9.17) is 9.47 Å². The molecular weight excluding hydrogens is 616 g/mol. The van der Waals surface area contributed by atoms with Gasteiger partial charge in [0.05, 0.1) is 36.7 Å². The van der Waals surface area contributed by atoms with Gasteiger partial charge in [-0.1, -0.05) is 72.0 Å². The van der Waals surface area contributed by atoms with Gasteiger partial charge in [-0.25, -0.2) is 4.68 Å². The highest BCUT2D eigenvalue weighted by molar-refractivity contribution is 5.99. The maximum absolute atomic E-state index is 15.1. The number of hydrogen-bond acceptors (Lipinski definition) is 9. The fourth-order valence-electron chi connectivity index (χ4n) is 7.46. The lowest BCUT2D eigenvalue weighted by Crippen LogP contribution is -2.59. The molecule has 48 heavy (non-hydrogen) atoms. The summed E-state index contributed by atoms with van der Waals surface area (Å²) in [6, 6.07) is 14.8.